The summed E-state index contributed by atoms with van der Waals surface area (Å²) >= 11 is 7.93. The van der Waals surface area contributed by atoms with Crippen molar-refractivity contribution in [3.05, 3.63) is 106 Å². The summed E-state index contributed by atoms with van der Waals surface area (Å²) < 4.78 is 5.70. The molecule has 0 saturated carbocycles. The minimum absolute atomic E-state index is 0.0492. The van der Waals surface area contributed by atoms with Crippen molar-refractivity contribution in [2.24, 2.45) is 0 Å². The van der Waals surface area contributed by atoms with Crippen LogP contribution in [0.1, 0.15) is 33.0 Å². The molecule has 2 N–H and O–H groups in total. The van der Waals surface area contributed by atoms with E-state index in [0.29, 0.717) is 37.5 Å². The van der Waals surface area contributed by atoms with E-state index in [-0.39, 0.29) is 19.1 Å². The first kappa shape index (κ1) is 25.7. The van der Waals surface area contributed by atoms with Crippen LogP contribution in [0.15, 0.2) is 88.9 Å². The van der Waals surface area contributed by atoms with E-state index < -0.39 is 6.09 Å². The summed E-state index contributed by atoms with van der Waals surface area (Å²) in [6.07, 6.45) is 1.78. The number of rotatable bonds is 8. The van der Waals surface area contributed by atoms with Gasteiger partial charge >= 0.3 is 6.09 Å². The molecule has 2 aromatic heterocycles. The number of tetrazole rings is 1. The molecule has 0 saturated heterocycles. The van der Waals surface area contributed by atoms with Crippen LogP contribution in [0.3, 0.4) is 0 Å². The van der Waals surface area contributed by atoms with Gasteiger partial charge in [0.25, 0.3) is 0 Å². The normalized spacial score (nSPS) is 12.0. The molecule has 9 nitrogen and oxygen atoms in total. The molecule has 6 rings (SSSR count). The molecule has 1 aliphatic carbocycles. The van der Waals surface area contributed by atoms with Crippen LogP contribution < -0.4 is 5.32 Å². The van der Waals surface area contributed by atoms with E-state index in [1.165, 1.54) is 11.8 Å². The number of aldehydes is 1. The second-order valence-electron chi connectivity index (χ2n) is 8.99. The van der Waals surface area contributed by atoms with Crippen molar-refractivity contribution in [2.75, 3.05) is 6.61 Å². The molecule has 11 heteroatoms. The van der Waals surface area contributed by atoms with Gasteiger partial charge in [-0.1, -0.05) is 71.9 Å². The molecule has 1 amide bonds. The monoisotopic (exact) mass is 568 g/mol. The Morgan fingerprint density at radius 2 is 1.80 bits per heavy atom. The third-order valence-corrected chi connectivity index (χ3v) is 8.26. The molecule has 5 aromatic rings. The fraction of sp³-hybridized carbons (Fsp3) is 0.103. The molecule has 0 atom stereocenters. The van der Waals surface area contributed by atoms with E-state index in [9.17, 15) is 9.59 Å². The smallest absolute Gasteiger partial charge is 0.407 e. The van der Waals surface area contributed by atoms with Crippen LogP contribution in [0, 0.1) is 0 Å². The molecule has 2 heterocycles. The maximum absolute atomic E-state index is 12.9. The van der Waals surface area contributed by atoms with Gasteiger partial charge in [0, 0.05) is 34.7 Å². The first-order chi connectivity index (χ1) is 19.6. The highest BCUT2D eigenvalue weighted by molar-refractivity contribution is 7.99. The lowest BCUT2D eigenvalue weighted by molar-refractivity contribution is 0.112. The summed E-state index contributed by atoms with van der Waals surface area (Å²) in [5.41, 5.74) is 6.34. The molecule has 3 aromatic carbocycles. The number of benzene rings is 3. The van der Waals surface area contributed by atoms with Crippen molar-refractivity contribution in [2.45, 2.75) is 22.4 Å². The molecule has 1 aliphatic rings. The standard InChI is InChI=1S/C29H21ClN6O3S/c30-25-13-18(27-33-35-36-34-27)12-19(26(25)40-28-17(15-37)6-5-11-31-28)14-32-29(38)39-16-24-22-9-3-1-7-20(22)21-8-2-4-10-23(21)24/h1-13,15,24H,14,16H2,(H,32,38)(H,33,34,35,36). The summed E-state index contributed by atoms with van der Waals surface area (Å²) in [6, 6.07) is 23.2. The number of halogens is 1. The van der Waals surface area contributed by atoms with E-state index in [0.717, 1.165) is 28.5 Å². The SMILES string of the molecule is O=Cc1cccnc1Sc1c(Cl)cc(-c2nnn[nH]2)cc1CNC(=O)OCC1c2ccccc2-c2ccccc21. The van der Waals surface area contributed by atoms with Crippen molar-refractivity contribution in [3.63, 3.8) is 0 Å². The molecule has 0 fully saturated rings. The van der Waals surface area contributed by atoms with E-state index in [2.05, 4.69) is 55.2 Å². The van der Waals surface area contributed by atoms with E-state index in [1.807, 2.05) is 30.3 Å². The van der Waals surface area contributed by atoms with Crippen LogP contribution in [0.4, 0.5) is 4.79 Å². The van der Waals surface area contributed by atoms with Gasteiger partial charge in [-0.2, -0.15) is 0 Å². The lowest BCUT2D eigenvalue weighted by Crippen LogP contribution is -2.26. The molecule has 0 spiro atoms. The topological polar surface area (TPSA) is 123 Å². The van der Waals surface area contributed by atoms with Crippen molar-refractivity contribution < 1.29 is 14.3 Å². The Bertz CT molecular complexity index is 1670. The summed E-state index contributed by atoms with van der Waals surface area (Å²) in [7, 11) is 0. The average Bonchev–Trinajstić information content (AvgIpc) is 3.64. The fourth-order valence-corrected chi connectivity index (χ4v) is 6.12. The van der Waals surface area contributed by atoms with Crippen LogP contribution in [0.25, 0.3) is 22.5 Å². The zero-order valence-electron chi connectivity index (χ0n) is 20.9. The number of aromatic amines is 1. The van der Waals surface area contributed by atoms with Gasteiger partial charge in [0.2, 0.25) is 0 Å². The number of ether oxygens (including phenoxy) is 1. The van der Waals surface area contributed by atoms with Crippen molar-refractivity contribution in [3.8, 4) is 22.5 Å². The molecule has 0 radical (unpaired) electrons. The Balaban J connectivity index is 1.22. The van der Waals surface area contributed by atoms with Crippen LogP contribution >= 0.6 is 23.4 Å². The number of nitrogens with one attached hydrogen (secondary N) is 2. The largest absolute Gasteiger partial charge is 0.449 e. The maximum Gasteiger partial charge on any atom is 0.407 e. The molecular formula is C29H21ClN6O3S. The summed E-state index contributed by atoms with van der Waals surface area (Å²) in [5.74, 6) is 0.374. The highest BCUT2D eigenvalue weighted by Gasteiger charge is 2.29. The molecule has 40 heavy (non-hydrogen) atoms. The first-order valence-electron chi connectivity index (χ1n) is 12.4. The number of aromatic nitrogens is 5. The summed E-state index contributed by atoms with van der Waals surface area (Å²) in [6.45, 7) is 0.306. The zero-order valence-corrected chi connectivity index (χ0v) is 22.4. The number of carbonyl (C=O) groups excluding carboxylic acids is 2. The second kappa shape index (κ2) is 11.3. The number of hydrogen-bond acceptors (Lipinski definition) is 8. The molecule has 0 bridgehead atoms. The lowest BCUT2D eigenvalue weighted by atomic mass is 9.98. The maximum atomic E-state index is 12.9. The number of alkyl carbamates (subject to hydrolysis) is 1. The van der Waals surface area contributed by atoms with Gasteiger partial charge in [0.05, 0.1) is 5.02 Å². The number of amides is 1. The average molecular weight is 569 g/mol. The Labute approximate surface area is 238 Å². The predicted octanol–water partition coefficient (Wildman–Crippen LogP) is 5.92. The number of carbonyl (C=O) groups is 2. The van der Waals surface area contributed by atoms with E-state index in [4.69, 9.17) is 16.3 Å². The number of pyridine rings is 1. The summed E-state index contributed by atoms with van der Waals surface area (Å²) in [4.78, 5) is 29.4. The van der Waals surface area contributed by atoms with Crippen molar-refractivity contribution in [1.29, 1.82) is 0 Å². The number of nitrogens with zero attached hydrogens (tertiary/aromatic N) is 4. The Morgan fingerprint density at radius 3 is 2.50 bits per heavy atom. The van der Waals surface area contributed by atoms with Gasteiger partial charge in [-0.3, -0.25) is 4.79 Å². The van der Waals surface area contributed by atoms with Crippen molar-refractivity contribution >= 4 is 35.7 Å². The quantitative estimate of drug-likeness (QED) is 0.221. The van der Waals surface area contributed by atoms with Gasteiger partial charge in [-0.05, 0) is 62.5 Å². The van der Waals surface area contributed by atoms with E-state index >= 15 is 0 Å². The minimum atomic E-state index is -0.563. The number of H-pyrrole nitrogens is 1. The van der Waals surface area contributed by atoms with Gasteiger partial charge < -0.3 is 10.1 Å². The highest BCUT2D eigenvalue weighted by Crippen LogP contribution is 2.44. The van der Waals surface area contributed by atoms with Gasteiger partial charge in [0.15, 0.2) is 12.1 Å². The first-order valence-corrected chi connectivity index (χ1v) is 13.5. The van der Waals surface area contributed by atoms with Gasteiger partial charge in [-0.15, -0.1) is 5.10 Å². The molecule has 0 aliphatic heterocycles. The Kier molecular flexibility index (Phi) is 7.26. The van der Waals surface area contributed by atoms with E-state index in [1.54, 1.807) is 24.4 Å². The van der Waals surface area contributed by atoms with Crippen molar-refractivity contribution in [1.82, 2.24) is 30.9 Å². The zero-order chi connectivity index (χ0) is 27.5. The van der Waals surface area contributed by atoms with Crippen LogP contribution in [-0.4, -0.2) is 44.6 Å². The van der Waals surface area contributed by atoms with Gasteiger partial charge in [-0.25, -0.2) is 14.9 Å². The van der Waals surface area contributed by atoms with Gasteiger partial charge in [0.1, 0.15) is 11.6 Å². The molecular weight excluding hydrogens is 548 g/mol. The number of hydrogen-bond donors (Lipinski definition) is 2. The Hall–Kier alpha value is -4.54. The van der Waals surface area contributed by atoms with Crippen LogP contribution in [0.2, 0.25) is 5.02 Å². The highest BCUT2D eigenvalue weighted by atomic mass is 35.5. The predicted molar refractivity (Wildman–Crippen MR) is 150 cm³/mol. The minimum Gasteiger partial charge on any atom is -0.449 e. The van der Waals surface area contributed by atoms with Crippen LogP contribution in [0.5, 0.6) is 0 Å². The number of fused-ring (bicyclic) bond motifs is 3. The molecule has 0 unspecified atom stereocenters. The van der Waals surface area contributed by atoms with Crippen LogP contribution in [-0.2, 0) is 11.3 Å². The Morgan fingerprint density at radius 1 is 1.05 bits per heavy atom. The molecule has 198 valence electrons. The third kappa shape index (κ3) is 5.06. The fourth-order valence-electron chi connectivity index (χ4n) is 4.81. The third-order valence-electron chi connectivity index (χ3n) is 6.63. The second-order valence-corrected chi connectivity index (χ2v) is 10.4. The summed E-state index contributed by atoms with van der Waals surface area (Å²) in [5, 5.41) is 17.7. The lowest BCUT2D eigenvalue weighted by Gasteiger charge is -2.16.